The molecule has 1 aromatic carbocycles. The highest BCUT2D eigenvalue weighted by Gasteiger charge is 2.05. The van der Waals surface area contributed by atoms with Crippen molar-refractivity contribution < 1.29 is 18.5 Å². The topological polar surface area (TPSA) is 47.9 Å². The molecular weight excluding hydrogens is 291 g/mol. The van der Waals surface area contributed by atoms with Crippen molar-refractivity contribution in [3.05, 3.63) is 18.2 Å². The molecule has 0 aliphatic heterocycles. The predicted molar refractivity (Wildman–Crippen MR) is 67.7 cm³/mol. The quantitative estimate of drug-likeness (QED) is 0.215. The molecule has 0 heterocycles. The first-order chi connectivity index (χ1) is 8.58. The number of nitrogens with one attached hydrogen (secondary N) is 1. The van der Waals surface area contributed by atoms with E-state index in [1.165, 1.54) is 0 Å². The zero-order valence-corrected chi connectivity index (χ0v) is 10.7. The molecular formula is C9H11ClF3N3OS. The van der Waals surface area contributed by atoms with Gasteiger partial charge in [0.25, 0.3) is 0 Å². The van der Waals surface area contributed by atoms with Crippen LogP contribution >= 0.6 is 23.5 Å². The van der Waals surface area contributed by atoms with Crippen LogP contribution in [0.15, 0.2) is 28.1 Å². The number of anilines is 1. The molecule has 0 aromatic heterocycles. The third-order valence-electron chi connectivity index (χ3n) is 1.58. The third-order valence-corrected chi connectivity index (χ3v) is 2.33. The molecule has 0 amide bonds. The summed E-state index contributed by atoms with van der Waals surface area (Å²) in [6.07, 6.45) is 0. The number of alkyl halides is 3. The number of hydrogen-bond donors (Lipinski definition) is 2. The van der Waals surface area contributed by atoms with Gasteiger partial charge in [-0.1, -0.05) is 4.48 Å². The fourth-order valence-corrected chi connectivity index (χ4v) is 1.62. The third kappa shape index (κ3) is 6.70. The van der Waals surface area contributed by atoms with E-state index in [9.17, 15) is 13.3 Å². The van der Waals surface area contributed by atoms with Gasteiger partial charge in [0.2, 0.25) is 6.93 Å². The molecule has 0 unspecified atom stereocenters. The van der Waals surface area contributed by atoms with Crippen LogP contribution in [0.5, 0.6) is 0 Å². The number of rotatable bonds is 5. The first-order valence-corrected chi connectivity index (χ1v) is 5.75. The molecule has 2 N–H and O–H groups in total. The van der Waals surface area contributed by atoms with E-state index >= 15 is 0 Å². The highest BCUT2D eigenvalue weighted by Crippen LogP contribution is 2.31. The number of halogens is 4. The van der Waals surface area contributed by atoms with Gasteiger partial charge in [0.15, 0.2) is 0 Å². The van der Waals surface area contributed by atoms with E-state index in [0.717, 1.165) is 0 Å². The van der Waals surface area contributed by atoms with Crippen LogP contribution in [-0.2, 0) is 0 Å². The molecule has 1 aromatic rings. The van der Waals surface area contributed by atoms with Gasteiger partial charge in [0, 0.05) is 21.5 Å². The summed E-state index contributed by atoms with van der Waals surface area (Å²) in [6, 6.07) is 5.12. The Morgan fingerprint density at radius 3 is 2.56 bits per heavy atom. The lowest BCUT2D eigenvalue weighted by molar-refractivity contribution is -0.138. The van der Waals surface area contributed by atoms with Gasteiger partial charge < -0.3 is 5.32 Å². The summed E-state index contributed by atoms with van der Waals surface area (Å²) in [6.45, 7) is 1.63. The van der Waals surface area contributed by atoms with Gasteiger partial charge in [-0.2, -0.15) is 0 Å². The van der Waals surface area contributed by atoms with Crippen LogP contribution in [0, 0.1) is 0 Å². The monoisotopic (exact) mass is 301 g/mol. The average molecular weight is 302 g/mol. The Balaban J connectivity index is 0.000000873. The molecule has 18 heavy (non-hydrogen) atoms. The smallest absolute Gasteiger partial charge is 0.229 e. The molecule has 0 spiro atoms. The maximum absolute atomic E-state index is 12.1. The number of hydrogen-bond acceptors (Lipinski definition) is 5. The van der Waals surface area contributed by atoms with Crippen molar-refractivity contribution in [3.63, 3.8) is 0 Å². The van der Waals surface area contributed by atoms with Gasteiger partial charge in [-0.3, -0.25) is 10.2 Å². The summed E-state index contributed by atoms with van der Waals surface area (Å²) in [5, 5.41) is 11.2. The summed E-state index contributed by atoms with van der Waals surface area (Å²) in [7, 11) is 0. The lowest BCUT2D eigenvalue weighted by Crippen LogP contribution is -1.96. The van der Waals surface area contributed by atoms with Gasteiger partial charge in [0.1, 0.15) is 0 Å². The fraction of sp³-hybridized carbons (Fsp3) is 0.222. The van der Waals surface area contributed by atoms with Crippen molar-refractivity contribution in [2.24, 2.45) is 4.99 Å². The molecule has 9 heteroatoms. The molecule has 1 rings (SSSR count). The van der Waals surface area contributed by atoms with E-state index in [1.807, 2.05) is 0 Å². The molecule has 102 valence electrons. The fourth-order valence-electron chi connectivity index (χ4n) is 1.01. The molecule has 0 aliphatic carbocycles. The van der Waals surface area contributed by atoms with Crippen LogP contribution in [-0.4, -0.2) is 29.5 Å². The van der Waals surface area contributed by atoms with E-state index < -0.39 is 11.6 Å². The zero-order valence-electron chi connectivity index (χ0n) is 9.12. The zero-order chi connectivity index (χ0) is 14.0. The second-order valence-electron chi connectivity index (χ2n) is 2.57. The van der Waals surface area contributed by atoms with E-state index in [0.29, 0.717) is 28.2 Å². The van der Waals surface area contributed by atoms with Crippen LogP contribution in [0.3, 0.4) is 0 Å². The Morgan fingerprint density at radius 1 is 1.50 bits per heavy atom. The van der Waals surface area contributed by atoms with Gasteiger partial charge in [0.05, 0.1) is 17.4 Å². The Kier molecular flexibility index (Phi) is 9.47. The molecule has 0 saturated heterocycles. The van der Waals surface area contributed by atoms with Crippen molar-refractivity contribution in [3.8, 4) is 0 Å². The van der Waals surface area contributed by atoms with E-state index in [2.05, 4.69) is 17.0 Å². The van der Waals surface area contributed by atoms with Crippen LogP contribution < -0.4 is 5.32 Å². The maximum Gasteiger partial charge on any atom is 0.229 e. The summed E-state index contributed by atoms with van der Waals surface area (Å²) in [4.78, 5) is 4.25. The Labute approximate surface area is 111 Å². The number of nitrogens with zero attached hydrogens (tertiary/aromatic N) is 2. The molecule has 0 fully saturated rings. The van der Waals surface area contributed by atoms with Crippen LogP contribution in [0.25, 0.3) is 0 Å². The average Bonchev–Trinajstić information content (AvgIpc) is 2.31. The minimum Gasteiger partial charge on any atom is -0.370 e. The molecule has 0 atom stereocenters. The Morgan fingerprint density at radius 2 is 2.11 bits per heavy atom. The van der Waals surface area contributed by atoms with Crippen LogP contribution in [0.2, 0.25) is 0 Å². The number of aliphatic imine (C=N–C) groups is 1. The molecule has 0 radical (unpaired) electrons. The van der Waals surface area contributed by atoms with Crippen molar-refractivity contribution >= 4 is 41.6 Å². The second-order valence-corrected chi connectivity index (χ2v) is 3.79. The number of benzene rings is 1. The summed E-state index contributed by atoms with van der Waals surface area (Å²) in [5.74, 6) is 0. The van der Waals surface area contributed by atoms with E-state index in [4.69, 9.17) is 16.8 Å². The van der Waals surface area contributed by atoms with Crippen LogP contribution in [0.4, 0.5) is 24.6 Å². The minimum atomic E-state index is -1.75. The second kappa shape index (κ2) is 10.0. The largest absolute Gasteiger partial charge is 0.370 e. The lowest BCUT2D eigenvalue weighted by atomic mass is 10.3. The highest BCUT2D eigenvalue weighted by molar-refractivity contribution is 7.96. The van der Waals surface area contributed by atoms with E-state index in [1.54, 1.807) is 18.2 Å². The van der Waals surface area contributed by atoms with E-state index in [-0.39, 0.29) is 6.00 Å². The van der Waals surface area contributed by atoms with Gasteiger partial charge in [-0.15, -0.1) is 11.6 Å². The van der Waals surface area contributed by atoms with Gasteiger partial charge in [-0.25, -0.2) is 8.78 Å². The SMILES string of the molecule is C=Nc1cc(SN(O)F)ccc1NCCl.FCF. The highest BCUT2D eigenvalue weighted by atomic mass is 35.5. The molecule has 0 bridgehead atoms. The van der Waals surface area contributed by atoms with Gasteiger partial charge >= 0.3 is 0 Å². The molecule has 0 saturated carbocycles. The molecule has 4 nitrogen and oxygen atoms in total. The van der Waals surface area contributed by atoms with Crippen molar-refractivity contribution in [1.82, 2.24) is 4.69 Å². The van der Waals surface area contributed by atoms with Crippen molar-refractivity contribution in [1.29, 1.82) is 0 Å². The van der Waals surface area contributed by atoms with Crippen molar-refractivity contribution in [2.75, 3.05) is 18.2 Å². The molecule has 0 aliphatic rings. The first-order valence-electron chi connectivity index (χ1n) is 4.44. The standard InChI is InChI=1S/C8H9ClFN3OS.CH2F2/c1-11-8-4-6(15-13(10)14)2-3-7(8)12-5-9;2-1-3/h2-4,12,14H,1,5H2;1H2. The van der Waals surface area contributed by atoms with Crippen LogP contribution in [0.1, 0.15) is 0 Å². The summed E-state index contributed by atoms with van der Waals surface area (Å²) < 4.78 is 30.9. The van der Waals surface area contributed by atoms with Crippen molar-refractivity contribution in [2.45, 2.75) is 4.90 Å². The Hall–Kier alpha value is -0.960. The normalized spacial score (nSPS) is 9.67. The van der Waals surface area contributed by atoms with Gasteiger partial charge in [-0.05, 0) is 24.9 Å². The minimum absolute atomic E-state index is 0.240. The predicted octanol–water partition coefficient (Wildman–Crippen LogP) is 4.09. The maximum atomic E-state index is 12.1. The summed E-state index contributed by atoms with van der Waals surface area (Å²) in [5.41, 5.74) is 1.25. The first kappa shape index (κ1) is 17.0. The summed E-state index contributed by atoms with van der Waals surface area (Å²) >= 11 is 6.03. The Bertz CT molecular complexity index is 371. The lowest BCUT2D eigenvalue weighted by Gasteiger charge is -2.08.